The Hall–Kier alpha value is -2.36. The van der Waals surface area contributed by atoms with E-state index in [0.717, 1.165) is 0 Å². The number of carbonyl (C=O) groups is 1. The van der Waals surface area contributed by atoms with Gasteiger partial charge in [0.2, 0.25) is 0 Å². The molecule has 0 aliphatic carbocycles. The van der Waals surface area contributed by atoms with E-state index in [2.05, 4.69) is 10.2 Å². The number of halogens is 1. The van der Waals surface area contributed by atoms with Gasteiger partial charge in [-0.3, -0.25) is 4.79 Å². The molecule has 0 fully saturated rings. The highest BCUT2D eigenvalue weighted by Crippen LogP contribution is 2.15. The Balaban J connectivity index is 2.37. The zero-order chi connectivity index (χ0) is 12.1. The lowest BCUT2D eigenvalue weighted by atomic mass is 10.1. The molecule has 84 valence electrons. The molecule has 2 rings (SSSR count). The first kappa shape index (κ1) is 11.1. The Morgan fingerprint density at radius 2 is 1.94 bits per heavy atom. The molecule has 1 aromatic carbocycles. The van der Waals surface area contributed by atoms with Gasteiger partial charge in [-0.25, -0.2) is 4.39 Å². The molecule has 4 heteroatoms. The maximum absolute atomic E-state index is 12.8. The van der Waals surface area contributed by atoms with Crippen LogP contribution in [-0.4, -0.2) is 16.5 Å². The van der Waals surface area contributed by atoms with Crippen molar-refractivity contribution in [2.24, 2.45) is 0 Å². The van der Waals surface area contributed by atoms with Crippen molar-refractivity contribution in [3.8, 4) is 0 Å². The first-order valence-electron chi connectivity index (χ1n) is 5.00. The molecule has 0 aliphatic heterocycles. The summed E-state index contributed by atoms with van der Waals surface area (Å²) in [5, 5.41) is 7.56. The second kappa shape index (κ2) is 5.12. The third-order valence-corrected chi connectivity index (χ3v) is 2.20. The van der Waals surface area contributed by atoms with Crippen LogP contribution in [0.3, 0.4) is 0 Å². The molecule has 3 nitrogen and oxygen atoms in total. The largest absolute Gasteiger partial charge is 0.298 e. The molecule has 1 heterocycles. The molecule has 0 radical (unpaired) electrons. The van der Waals surface area contributed by atoms with Crippen LogP contribution in [0.15, 0.2) is 42.6 Å². The Bertz CT molecular complexity index is 535. The molecule has 0 unspecified atom stereocenters. The van der Waals surface area contributed by atoms with E-state index >= 15 is 0 Å². The summed E-state index contributed by atoms with van der Waals surface area (Å²) in [6.45, 7) is 0. The van der Waals surface area contributed by atoms with E-state index in [9.17, 15) is 9.18 Å². The number of rotatable bonds is 3. The Labute approximate surface area is 97.6 Å². The topological polar surface area (TPSA) is 42.9 Å². The molecular formula is C13H9FN2O. The summed E-state index contributed by atoms with van der Waals surface area (Å²) in [5.74, 6) is -0.335. The zero-order valence-corrected chi connectivity index (χ0v) is 8.88. The van der Waals surface area contributed by atoms with Gasteiger partial charge < -0.3 is 0 Å². The van der Waals surface area contributed by atoms with Crippen molar-refractivity contribution in [1.82, 2.24) is 10.2 Å². The van der Waals surface area contributed by atoms with Crippen LogP contribution >= 0.6 is 0 Å². The second-order valence-electron chi connectivity index (χ2n) is 3.37. The molecule has 0 atom stereocenters. The molecule has 1 aromatic heterocycles. The molecule has 0 amide bonds. The van der Waals surface area contributed by atoms with E-state index in [1.807, 2.05) is 0 Å². The van der Waals surface area contributed by atoms with Crippen LogP contribution in [0.25, 0.3) is 11.6 Å². The molecule has 0 N–H and O–H groups in total. The smallest absolute Gasteiger partial charge is 0.150 e. The summed E-state index contributed by atoms with van der Waals surface area (Å²) in [6.07, 6.45) is 3.87. The van der Waals surface area contributed by atoms with E-state index in [-0.39, 0.29) is 5.82 Å². The van der Waals surface area contributed by atoms with Gasteiger partial charge in [-0.15, -0.1) is 0 Å². The van der Waals surface area contributed by atoms with Gasteiger partial charge in [-0.2, -0.15) is 10.2 Å². The van der Waals surface area contributed by atoms with E-state index in [4.69, 9.17) is 0 Å². The minimum Gasteiger partial charge on any atom is -0.298 e. The first-order valence-corrected chi connectivity index (χ1v) is 5.00. The quantitative estimate of drug-likeness (QED) is 0.598. The summed E-state index contributed by atoms with van der Waals surface area (Å²) >= 11 is 0. The minimum atomic E-state index is -0.335. The van der Waals surface area contributed by atoms with Crippen molar-refractivity contribution in [2.75, 3.05) is 0 Å². The Morgan fingerprint density at radius 3 is 2.53 bits per heavy atom. The number of aldehydes is 1. The number of hydrogen-bond acceptors (Lipinski definition) is 3. The zero-order valence-electron chi connectivity index (χ0n) is 8.88. The lowest BCUT2D eigenvalue weighted by molar-refractivity contribution is -0.103. The standard InChI is InChI=1S/C13H9FN2O/c14-12-5-3-10(4-6-12)11(9-17)8-13-2-1-7-15-16-13/h1-9H/b11-8+. The number of allylic oxidation sites excluding steroid dienone is 1. The van der Waals surface area contributed by atoms with Crippen molar-refractivity contribution in [1.29, 1.82) is 0 Å². The fraction of sp³-hybridized carbons (Fsp3) is 0. The Kier molecular flexibility index (Phi) is 3.35. The third-order valence-electron chi connectivity index (χ3n) is 2.20. The highest BCUT2D eigenvalue weighted by molar-refractivity contribution is 6.13. The summed E-state index contributed by atoms with van der Waals surface area (Å²) in [6, 6.07) is 9.18. The van der Waals surface area contributed by atoms with Crippen LogP contribution in [0.5, 0.6) is 0 Å². The predicted molar refractivity (Wildman–Crippen MR) is 62.4 cm³/mol. The second-order valence-corrected chi connectivity index (χ2v) is 3.37. The van der Waals surface area contributed by atoms with Crippen LogP contribution in [-0.2, 0) is 4.79 Å². The van der Waals surface area contributed by atoms with E-state index in [1.165, 1.54) is 12.1 Å². The number of benzene rings is 1. The first-order chi connectivity index (χ1) is 8.29. The van der Waals surface area contributed by atoms with Gasteiger partial charge in [0.25, 0.3) is 0 Å². The van der Waals surface area contributed by atoms with Crippen molar-refractivity contribution in [2.45, 2.75) is 0 Å². The number of hydrogen-bond donors (Lipinski definition) is 0. The molecule has 2 aromatic rings. The maximum Gasteiger partial charge on any atom is 0.150 e. The van der Waals surface area contributed by atoms with E-state index < -0.39 is 0 Å². The maximum atomic E-state index is 12.8. The minimum absolute atomic E-state index is 0.335. The predicted octanol–water partition coefficient (Wildman–Crippen LogP) is 2.36. The monoisotopic (exact) mass is 228 g/mol. The average molecular weight is 228 g/mol. The summed E-state index contributed by atoms with van der Waals surface area (Å²) in [7, 11) is 0. The van der Waals surface area contributed by atoms with Crippen molar-refractivity contribution >= 4 is 17.9 Å². The number of carbonyl (C=O) groups excluding carboxylic acids is 1. The van der Waals surface area contributed by atoms with Crippen LogP contribution in [0.1, 0.15) is 11.3 Å². The van der Waals surface area contributed by atoms with Gasteiger partial charge in [0.05, 0.1) is 5.69 Å². The number of nitrogens with zero attached hydrogens (tertiary/aromatic N) is 2. The molecule has 0 saturated heterocycles. The van der Waals surface area contributed by atoms with Gasteiger partial charge in [-0.1, -0.05) is 12.1 Å². The van der Waals surface area contributed by atoms with Gasteiger partial charge in [0, 0.05) is 11.8 Å². The van der Waals surface area contributed by atoms with Crippen LogP contribution < -0.4 is 0 Å². The van der Waals surface area contributed by atoms with Crippen LogP contribution in [0, 0.1) is 5.82 Å². The van der Waals surface area contributed by atoms with Crippen molar-refractivity contribution in [3.05, 3.63) is 59.7 Å². The van der Waals surface area contributed by atoms with Crippen LogP contribution in [0.4, 0.5) is 4.39 Å². The van der Waals surface area contributed by atoms with Gasteiger partial charge in [0.1, 0.15) is 5.82 Å². The van der Waals surface area contributed by atoms with Crippen molar-refractivity contribution in [3.63, 3.8) is 0 Å². The van der Waals surface area contributed by atoms with E-state index in [1.54, 1.807) is 36.5 Å². The molecule has 0 saturated carbocycles. The lowest BCUT2D eigenvalue weighted by Gasteiger charge is -1.99. The van der Waals surface area contributed by atoms with Gasteiger partial charge in [0.15, 0.2) is 6.29 Å². The third kappa shape index (κ3) is 2.81. The highest BCUT2D eigenvalue weighted by Gasteiger charge is 2.01. The van der Waals surface area contributed by atoms with Gasteiger partial charge >= 0.3 is 0 Å². The number of aromatic nitrogens is 2. The fourth-order valence-corrected chi connectivity index (χ4v) is 1.38. The molecule has 0 bridgehead atoms. The van der Waals surface area contributed by atoms with Crippen LogP contribution in [0.2, 0.25) is 0 Å². The summed E-state index contributed by atoms with van der Waals surface area (Å²) < 4.78 is 12.8. The molecule has 0 aliphatic rings. The molecular weight excluding hydrogens is 219 g/mol. The summed E-state index contributed by atoms with van der Waals surface area (Å²) in [5.41, 5.74) is 1.66. The van der Waals surface area contributed by atoms with Gasteiger partial charge in [-0.05, 0) is 35.9 Å². The van der Waals surface area contributed by atoms with Crippen molar-refractivity contribution < 1.29 is 9.18 Å². The molecule has 17 heavy (non-hydrogen) atoms. The lowest BCUT2D eigenvalue weighted by Crippen LogP contribution is -1.89. The van der Waals surface area contributed by atoms with E-state index in [0.29, 0.717) is 23.1 Å². The Morgan fingerprint density at radius 1 is 1.18 bits per heavy atom. The fourth-order valence-electron chi connectivity index (χ4n) is 1.38. The highest BCUT2D eigenvalue weighted by atomic mass is 19.1. The SMILES string of the molecule is O=C/C(=C\c1cccnn1)c1ccc(F)cc1. The normalized spacial score (nSPS) is 11.2. The molecule has 0 spiro atoms. The average Bonchev–Trinajstić information content (AvgIpc) is 2.38. The summed E-state index contributed by atoms with van der Waals surface area (Å²) in [4.78, 5) is 11.0.